The first-order chi connectivity index (χ1) is 14.0. The van der Waals surface area contributed by atoms with Gasteiger partial charge < -0.3 is 19.4 Å². The van der Waals surface area contributed by atoms with Crippen LogP contribution < -0.4 is 10.2 Å². The number of carbonyl (C=O) groups is 1. The van der Waals surface area contributed by atoms with Crippen molar-refractivity contribution in [2.75, 3.05) is 43.8 Å². The quantitative estimate of drug-likeness (QED) is 0.537. The molecule has 0 atom stereocenters. The van der Waals surface area contributed by atoms with E-state index in [-0.39, 0.29) is 11.7 Å². The largest absolute Gasteiger partial charge is 0.469 e. The Balaban J connectivity index is 1.67. The summed E-state index contributed by atoms with van der Waals surface area (Å²) in [6.45, 7) is 2.98. The fourth-order valence-electron chi connectivity index (χ4n) is 2.77. The molecule has 0 radical (unpaired) electrons. The first kappa shape index (κ1) is 20.9. The second-order valence-corrected chi connectivity index (χ2v) is 7.56. The third-order valence-corrected chi connectivity index (χ3v) is 5.30. The molecule has 0 saturated carbocycles. The molecule has 8 nitrogen and oxygen atoms in total. The summed E-state index contributed by atoms with van der Waals surface area (Å²) >= 11 is 1.34. The monoisotopic (exact) mass is 415 g/mol. The fourth-order valence-corrected chi connectivity index (χ4v) is 3.53. The number of hydrogen-bond acceptors (Lipinski definition) is 7. The molecule has 1 N–H and O–H groups in total. The number of thioether (sulfide) groups is 1. The maximum atomic E-state index is 12.4. The lowest BCUT2D eigenvalue weighted by Crippen LogP contribution is -2.15. The molecule has 9 heteroatoms. The molecule has 1 amide bonds. The number of methoxy groups -OCH3 is 1. The minimum absolute atomic E-state index is 0.102. The number of aromatic nitrogens is 3. The summed E-state index contributed by atoms with van der Waals surface area (Å²) in [6, 6.07) is 9.56. The molecule has 3 aromatic rings. The first-order valence-electron chi connectivity index (χ1n) is 9.16. The van der Waals surface area contributed by atoms with Crippen LogP contribution in [0.3, 0.4) is 0 Å². The molecule has 3 rings (SSSR count). The second kappa shape index (κ2) is 9.62. The minimum atomic E-state index is -0.102. The minimum Gasteiger partial charge on any atom is -0.469 e. The number of aryl methyl sites for hydroxylation is 1. The fraction of sp³-hybridized carbons (Fsp3) is 0.350. The summed E-state index contributed by atoms with van der Waals surface area (Å²) in [5.74, 6) is 1.60. The lowest BCUT2D eigenvalue weighted by atomic mass is 10.2. The molecule has 0 bridgehead atoms. The highest BCUT2D eigenvalue weighted by Gasteiger charge is 2.18. The van der Waals surface area contributed by atoms with E-state index in [1.54, 1.807) is 13.4 Å². The van der Waals surface area contributed by atoms with E-state index in [9.17, 15) is 4.79 Å². The molecule has 0 fully saturated rings. The van der Waals surface area contributed by atoms with Crippen molar-refractivity contribution in [3.63, 3.8) is 0 Å². The Morgan fingerprint density at radius 3 is 2.62 bits per heavy atom. The normalized spacial score (nSPS) is 10.9. The summed E-state index contributed by atoms with van der Waals surface area (Å²) < 4.78 is 12.6. The Hall–Kier alpha value is -2.78. The zero-order valence-corrected chi connectivity index (χ0v) is 17.8. The van der Waals surface area contributed by atoms with E-state index < -0.39 is 0 Å². The van der Waals surface area contributed by atoms with Crippen LogP contribution in [0, 0.1) is 6.92 Å². The number of benzene rings is 1. The molecule has 0 aliphatic carbocycles. The van der Waals surface area contributed by atoms with Crippen LogP contribution >= 0.6 is 11.8 Å². The Morgan fingerprint density at radius 2 is 2.00 bits per heavy atom. The van der Waals surface area contributed by atoms with E-state index >= 15 is 0 Å². The first-order valence-corrected chi connectivity index (χ1v) is 10.1. The molecule has 0 aliphatic rings. The number of nitrogens with one attached hydrogen (secondary N) is 1. The highest BCUT2D eigenvalue weighted by Crippen LogP contribution is 2.27. The molecule has 154 valence electrons. The van der Waals surface area contributed by atoms with Gasteiger partial charge in [-0.25, -0.2) is 0 Å². The van der Waals surface area contributed by atoms with Gasteiger partial charge in [-0.05, 0) is 37.3 Å². The van der Waals surface area contributed by atoms with E-state index in [0.717, 1.165) is 22.7 Å². The Morgan fingerprint density at radius 1 is 1.24 bits per heavy atom. The number of furan rings is 1. The van der Waals surface area contributed by atoms with Gasteiger partial charge in [0, 0.05) is 32.6 Å². The zero-order chi connectivity index (χ0) is 20.8. The standard InChI is InChI=1S/C20H25N5O3S/c1-14-17(9-11-28-14)19-22-23-20(25(19)10-12-27-4)29-13-18(26)21-15-5-7-16(8-6-15)24(2)3/h5-9,11H,10,12-13H2,1-4H3,(H,21,26). The van der Waals surface area contributed by atoms with Gasteiger partial charge in [-0.2, -0.15) is 0 Å². The Labute approximate surface area is 174 Å². The number of hydrogen-bond donors (Lipinski definition) is 1. The molecular formula is C20H25N5O3S. The van der Waals surface area contributed by atoms with Crippen molar-refractivity contribution in [3.05, 3.63) is 42.4 Å². The average Bonchev–Trinajstić information content (AvgIpc) is 3.30. The molecule has 0 unspecified atom stereocenters. The van der Waals surface area contributed by atoms with Gasteiger partial charge in [-0.1, -0.05) is 11.8 Å². The van der Waals surface area contributed by atoms with Gasteiger partial charge in [-0.15, -0.1) is 10.2 Å². The number of ether oxygens (including phenoxy) is 1. The topological polar surface area (TPSA) is 85.4 Å². The number of carbonyl (C=O) groups excluding carboxylic acids is 1. The van der Waals surface area contributed by atoms with Crippen LogP contribution in [0.5, 0.6) is 0 Å². The van der Waals surface area contributed by atoms with Crippen LogP contribution in [0.15, 0.2) is 46.2 Å². The van der Waals surface area contributed by atoms with Crippen LogP contribution in [0.25, 0.3) is 11.4 Å². The summed E-state index contributed by atoms with van der Waals surface area (Å²) in [5, 5.41) is 12.1. The molecule has 2 heterocycles. The van der Waals surface area contributed by atoms with E-state index in [2.05, 4.69) is 15.5 Å². The maximum Gasteiger partial charge on any atom is 0.234 e. The molecule has 2 aromatic heterocycles. The van der Waals surface area contributed by atoms with Crippen LogP contribution in [0.4, 0.5) is 11.4 Å². The average molecular weight is 416 g/mol. The Kier molecular flexibility index (Phi) is 6.95. The third kappa shape index (κ3) is 5.18. The summed E-state index contributed by atoms with van der Waals surface area (Å²) in [5.41, 5.74) is 2.72. The summed E-state index contributed by atoms with van der Waals surface area (Å²) in [6.07, 6.45) is 1.63. The molecule has 0 aliphatic heterocycles. The highest BCUT2D eigenvalue weighted by molar-refractivity contribution is 7.99. The van der Waals surface area contributed by atoms with E-state index in [1.165, 1.54) is 11.8 Å². The number of nitrogens with zero attached hydrogens (tertiary/aromatic N) is 4. The summed E-state index contributed by atoms with van der Waals surface area (Å²) in [4.78, 5) is 14.4. The van der Waals surface area contributed by atoms with Crippen molar-refractivity contribution in [1.29, 1.82) is 0 Å². The van der Waals surface area contributed by atoms with Gasteiger partial charge in [-0.3, -0.25) is 9.36 Å². The van der Waals surface area contributed by atoms with Gasteiger partial charge in [0.1, 0.15) is 5.76 Å². The van der Waals surface area contributed by atoms with Gasteiger partial charge in [0.25, 0.3) is 0 Å². The predicted octanol–water partition coefficient (Wildman–Crippen LogP) is 3.29. The molecule has 0 spiro atoms. The Bertz CT molecular complexity index is 949. The van der Waals surface area contributed by atoms with Crippen LogP contribution in [0.1, 0.15) is 5.76 Å². The number of rotatable bonds is 9. The second-order valence-electron chi connectivity index (χ2n) is 6.62. The highest BCUT2D eigenvalue weighted by atomic mass is 32.2. The third-order valence-electron chi connectivity index (χ3n) is 4.34. The maximum absolute atomic E-state index is 12.4. The lowest BCUT2D eigenvalue weighted by Gasteiger charge is -2.13. The van der Waals surface area contributed by atoms with Crippen molar-refractivity contribution >= 4 is 29.0 Å². The SMILES string of the molecule is COCCn1c(SCC(=O)Nc2ccc(N(C)C)cc2)nnc1-c1ccoc1C. The van der Waals surface area contributed by atoms with Crippen molar-refractivity contribution in [1.82, 2.24) is 14.8 Å². The van der Waals surface area contributed by atoms with Gasteiger partial charge in [0.05, 0.1) is 30.7 Å². The van der Waals surface area contributed by atoms with Crippen molar-refractivity contribution in [3.8, 4) is 11.4 Å². The lowest BCUT2D eigenvalue weighted by molar-refractivity contribution is -0.113. The van der Waals surface area contributed by atoms with Gasteiger partial charge in [0.15, 0.2) is 11.0 Å². The zero-order valence-electron chi connectivity index (χ0n) is 17.0. The van der Waals surface area contributed by atoms with Crippen LogP contribution in [-0.4, -0.2) is 54.2 Å². The van der Waals surface area contributed by atoms with Crippen LogP contribution in [-0.2, 0) is 16.1 Å². The predicted molar refractivity (Wildman–Crippen MR) is 114 cm³/mol. The van der Waals surface area contributed by atoms with Crippen molar-refractivity contribution < 1.29 is 13.9 Å². The number of anilines is 2. The van der Waals surface area contributed by atoms with Gasteiger partial charge in [0.2, 0.25) is 5.91 Å². The molecule has 29 heavy (non-hydrogen) atoms. The van der Waals surface area contributed by atoms with Crippen molar-refractivity contribution in [2.45, 2.75) is 18.6 Å². The molecule has 1 aromatic carbocycles. The molecular weight excluding hydrogens is 390 g/mol. The smallest absolute Gasteiger partial charge is 0.234 e. The van der Waals surface area contributed by atoms with Crippen molar-refractivity contribution in [2.24, 2.45) is 0 Å². The molecule has 0 saturated heterocycles. The van der Waals surface area contributed by atoms with E-state index in [1.807, 2.05) is 60.8 Å². The van der Waals surface area contributed by atoms with E-state index in [0.29, 0.717) is 24.1 Å². The number of amides is 1. The van der Waals surface area contributed by atoms with Crippen LogP contribution in [0.2, 0.25) is 0 Å². The summed E-state index contributed by atoms with van der Waals surface area (Å²) in [7, 11) is 5.60. The van der Waals surface area contributed by atoms with E-state index in [4.69, 9.17) is 9.15 Å². The van der Waals surface area contributed by atoms with Gasteiger partial charge >= 0.3 is 0 Å².